The van der Waals surface area contributed by atoms with E-state index >= 15 is 0 Å². The number of nitrogens with zero attached hydrogens (tertiary/aromatic N) is 1. The van der Waals surface area contributed by atoms with Crippen LogP contribution in [0.25, 0.3) is 0 Å². The lowest BCUT2D eigenvalue weighted by atomic mass is 9.84. The Labute approximate surface area is 121 Å². The van der Waals surface area contributed by atoms with Crippen molar-refractivity contribution in [2.75, 3.05) is 52.4 Å². The maximum Gasteiger partial charge on any atom is 0.0589 e. The monoisotopic (exact) mass is 323 g/mol. The number of rotatable bonds is 12. The van der Waals surface area contributed by atoms with Crippen molar-refractivity contribution in [3.05, 3.63) is 0 Å². The maximum atomic E-state index is 5.21. The first-order valence-electron chi connectivity index (χ1n) is 6.94. The van der Waals surface area contributed by atoms with E-state index in [1.165, 1.54) is 12.8 Å². The van der Waals surface area contributed by atoms with Gasteiger partial charge in [-0.05, 0) is 24.7 Å². The van der Waals surface area contributed by atoms with Gasteiger partial charge in [-0.3, -0.25) is 0 Å². The van der Waals surface area contributed by atoms with Crippen LogP contribution in [0.3, 0.4) is 0 Å². The van der Waals surface area contributed by atoms with E-state index in [0.717, 1.165) is 44.6 Å². The molecule has 0 aliphatic carbocycles. The third-order valence-corrected chi connectivity index (χ3v) is 4.97. The minimum atomic E-state index is 0.390. The highest BCUT2D eigenvalue weighted by atomic mass is 79.9. The highest BCUT2D eigenvalue weighted by Gasteiger charge is 2.27. The molecule has 0 N–H and O–H groups in total. The first-order chi connectivity index (χ1) is 8.67. The molecule has 0 aromatic rings. The predicted molar refractivity (Wildman–Crippen MR) is 81.6 cm³/mol. The summed E-state index contributed by atoms with van der Waals surface area (Å²) in [5, 5.41) is 1.07. The highest BCUT2D eigenvalue weighted by Crippen LogP contribution is 2.29. The fourth-order valence-corrected chi connectivity index (χ4v) is 3.07. The van der Waals surface area contributed by atoms with Gasteiger partial charge in [0.05, 0.1) is 6.61 Å². The molecule has 3 nitrogen and oxygen atoms in total. The molecule has 0 rings (SSSR count). The van der Waals surface area contributed by atoms with E-state index in [1.54, 1.807) is 14.2 Å². The van der Waals surface area contributed by atoms with Crippen LogP contribution in [0.4, 0.5) is 0 Å². The van der Waals surface area contributed by atoms with Gasteiger partial charge in [-0.15, -0.1) is 0 Å². The fraction of sp³-hybridized carbons (Fsp3) is 1.00. The number of halogens is 1. The molecule has 0 saturated carbocycles. The van der Waals surface area contributed by atoms with Crippen LogP contribution >= 0.6 is 15.9 Å². The molecule has 0 amide bonds. The Morgan fingerprint density at radius 2 is 1.61 bits per heavy atom. The van der Waals surface area contributed by atoms with Crippen LogP contribution in [0.1, 0.15) is 33.1 Å². The summed E-state index contributed by atoms with van der Waals surface area (Å²) in [6.45, 7) is 9.45. The number of alkyl halides is 1. The average molecular weight is 324 g/mol. The standard InChI is InChI=1S/C14H30BrNO2/c1-5-14(6-2,12-15)13-16(9-11-18-4)8-7-10-17-3/h5-13H2,1-4H3. The van der Waals surface area contributed by atoms with Crippen LogP contribution < -0.4 is 0 Å². The van der Waals surface area contributed by atoms with Crippen LogP contribution in [0, 0.1) is 5.41 Å². The van der Waals surface area contributed by atoms with Gasteiger partial charge in [0, 0.05) is 45.8 Å². The second-order valence-corrected chi connectivity index (χ2v) is 5.52. The predicted octanol–water partition coefficient (Wildman–Crippen LogP) is 3.17. The molecule has 18 heavy (non-hydrogen) atoms. The summed E-state index contributed by atoms with van der Waals surface area (Å²) in [5.74, 6) is 0. The Bertz CT molecular complexity index is 178. The van der Waals surface area contributed by atoms with E-state index in [1.807, 2.05) is 0 Å². The highest BCUT2D eigenvalue weighted by molar-refractivity contribution is 9.09. The molecule has 0 aromatic heterocycles. The summed E-state index contributed by atoms with van der Waals surface area (Å²) in [6, 6.07) is 0. The Hall–Kier alpha value is 0.360. The summed E-state index contributed by atoms with van der Waals surface area (Å²) >= 11 is 3.69. The SMILES string of the molecule is CCC(CC)(CBr)CN(CCCOC)CCOC. The van der Waals surface area contributed by atoms with Gasteiger partial charge in [-0.1, -0.05) is 29.8 Å². The van der Waals surface area contributed by atoms with Gasteiger partial charge in [0.1, 0.15) is 0 Å². The average Bonchev–Trinajstić information content (AvgIpc) is 2.42. The number of hydrogen-bond acceptors (Lipinski definition) is 3. The lowest BCUT2D eigenvalue weighted by Crippen LogP contribution is -2.40. The molecule has 0 atom stereocenters. The fourth-order valence-electron chi connectivity index (χ4n) is 2.10. The van der Waals surface area contributed by atoms with Crippen molar-refractivity contribution < 1.29 is 9.47 Å². The normalized spacial score (nSPS) is 12.3. The molecule has 0 saturated heterocycles. The molecule has 0 aliphatic rings. The number of hydrogen-bond donors (Lipinski definition) is 0. The van der Waals surface area contributed by atoms with Gasteiger partial charge in [0.15, 0.2) is 0 Å². The molecule has 4 heteroatoms. The topological polar surface area (TPSA) is 21.7 Å². The van der Waals surface area contributed by atoms with Gasteiger partial charge in [-0.25, -0.2) is 0 Å². The number of ether oxygens (including phenoxy) is 2. The van der Waals surface area contributed by atoms with Gasteiger partial charge in [0.25, 0.3) is 0 Å². The molecule has 0 unspecified atom stereocenters. The third-order valence-electron chi connectivity index (χ3n) is 3.78. The molecule has 0 spiro atoms. The Morgan fingerprint density at radius 3 is 2.06 bits per heavy atom. The zero-order valence-corrected chi connectivity index (χ0v) is 14.1. The Balaban J connectivity index is 4.33. The molecule has 110 valence electrons. The van der Waals surface area contributed by atoms with Crippen LogP contribution in [-0.4, -0.2) is 57.3 Å². The van der Waals surface area contributed by atoms with Crippen LogP contribution in [0.5, 0.6) is 0 Å². The van der Waals surface area contributed by atoms with Crippen LogP contribution in [0.2, 0.25) is 0 Å². The maximum absolute atomic E-state index is 5.21. The second-order valence-electron chi connectivity index (χ2n) is 4.96. The van der Waals surface area contributed by atoms with E-state index in [-0.39, 0.29) is 0 Å². The van der Waals surface area contributed by atoms with Crippen molar-refractivity contribution in [3.8, 4) is 0 Å². The second kappa shape index (κ2) is 11.2. The molecular formula is C14H30BrNO2. The van der Waals surface area contributed by atoms with Crippen LogP contribution in [0.15, 0.2) is 0 Å². The third kappa shape index (κ3) is 7.07. The van der Waals surface area contributed by atoms with E-state index < -0.39 is 0 Å². The van der Waals surface area contributed by atoms with E-state index in [0.29, 0.717) is 5.41 Å². The molecule has 0 aromatic carbocycles. The van der Waals surface area contributed by atoms with Crippen molar-refractivity contribution in [2.24, 2.45) is 5.41 Å². The summed E-state index contributed by atoms with van der Waals surface area (Å²) in [5.41, 5.74) is 0.390. The van der Waals surface area contributed by atoms with Crippen molar-refractivity contribution in [1.29, 1.82) is 0 Å². The summed E-state index contributed by atoms with van der Waals surface area (Å²) in [4.78, 5) is 2.51. The summed E-state index contributed by atoms with van der Waals surface area (Å²) in [7, 11) is 3.53. The minimum Gasteiger partial charge on any atom is -0.385 e. The van der Waals surface area contributed by atoms with Crippen molar-refractivity contribution in [1.82, 2.24) is 4.90 Å². The molecule has 0 fully saturated rings. The quantitative estimate of drug-likeness (QED) is 0.407. The first kappa shape index (κ1) is 18.4. The molecule has 0 radical (unpaired) electrons. The molecular weight excluding hydrogens is 294 g/mol. The lowest BCUT2D eigenvalue weighted by molar-refractivity contribution is 0.0990. The van der Waals surface area contributed by atoms with Gasteiger partial charge < -0.3 is 14.4 Å². The lowest BCUT2D eigenvalue weighted by Gasteiger charge is -2.36. The van der Waals surface area contributed by atoms with E-state index in [9.17, 15) is 0 Å². The smallest absolute Gasteiger partial charge is 0.0589 e. The van der Waals surface area contributed by atoms with Crippen molar-refractivity contribution in [3.63, 3.8) is 0 Å². The molecule has 0 heterocycles. The Kier molecular flexibility index (Phi) is 11.4. The Morgan fingerprint density at radius 1 is 1.00 bits per heavy atom. The zero-order chi connectivity index (χ0) is 13.9. The van der Waals surface area contributed by atoms with E-state index in [2.05, 4.69) is 34.7 Å². The van der Waals surface area contributed by atoms with Crippen LogP contribution in [-0.2, 0) is 9.47 Å². The molecule has 0 aliphatic heterocycles. The number of methoxy groups -OCH3 is 2. The zero-order valence-electron chi connectivity index (χ0n) is 12.5. The molecule has 0 bridgehead atoms. The van der Waals surface area contributed by atoms with Crippen molar-refractivity contribution >= 4 is 15.9 Å². The van der Waals surface area contributed by atoms with E-state index in [4.69, 9.17) is 9.47 Å². The van der Waals surface area contributed by atoms with Gasteiger partial charge in [-0.2, -0.15) is 0 Å². The van der Waals surface area contributed by atoms with Gasteiger partial charge in [0.2, 0.25) is 0 Å². The first-order valence-corrected chi connectivity index (χ1v) is 8.06. The largest absolute Gasteiger partial charge is 0.385 e. The summed E-state index contributed by atoms with van der Waals surface area (Å²) in [6.07, 6.45) is 3.51. The van der Waals surface area contributed by atoms with Crippen molar-refractivity contribution in [2.45, 2.75) is 33.1 Å². The minimum absolute atomic E-state index is 0.390. The summed E-state index contributed by atoms with van der Waals surface area (Å²) < 4.78 is 10.3. The van der Waals surface area contributed by atoms with Gasteiger partial charge >= 0.3 is 0 Å².